The third-order valence-corrected chi connectivity index (χ3v) is 3.05. The first kappa shape index (κ1) is 14.0. The molecule has 1 amide bonds. The zero-order chi connectivity index (χ0) is 12.8. The van der Waals surface area contributed by atoms with Crippen LogP contribution in [0.4, 0.5) is 0 Å². The third-order valence-electron chi connectivity index (χ3n) is 3.05. The van der Waals surface area contributed by atoms with Gasteiger partial charge >= 0.3 is 5.97 Å². The van der Waals surface area contributed by atoms with E-state index in [1.54, 1.807) is 0 Å². The van der Waals surface area contributed by atoms with Crippen molar-refractivity contribution < 1.29 is 14.3 Å². The summed E-state index contributed by atoms with van der Waals surface area (Å²) in [4.78, 5) is 23.5. The molecule has 0 radical (unpaired) electrons. The number of esters is 1. The molecule has 0 aromatic carbocycles. The molecule has 1 unspecified atom stereocenters. The molecule has 2 atom stereocenters. The Bertz CT molecular complexity index is 273. The summed E-state index contributed by atoms with van der Waals surface area (Å²) in [6, 6.07) is -0.731. The molecule has 1 saturated heterocycles. The topological polar surface area (TPSA) is 67.4 Å². The van der Waals surface area contributed by atoms with Crippen molar-refractivity contribution in [3.8, 4) is 0 Å². The maximum absolute atomic E-state index is 12.0. The molecule has 1 aliphatic heterocycles. The summed E-state index contributed by atoms with van der Waals surface area (Å²) in [5.41, 5.74) is 0. The largest absolute Gasteiger partial charge is 0.467 e. The number of piperidine rings is 1. The highest BCUT2D eigenvalue weighted by Crippen LogP contribution is 2.09. The number of rotatable bonds is 4. The molecule has 5 nitrogen and oxygen atoms in total. The van der Waals surface area contributed by atoms with Crippen LogP contribution in [0.1, 0.15) is 33.1 Å². The van der Waals surface area contributed by atoms with Gasteiger partial charge in [-0.2, -0.15) is 0 Å². The molecule has 17 heavy (non-hydrogen) atoms. The summed E-state index contributed by atoms with van der Waals surface area (Å²) in [5, 5.41) is 5.92. The Balaban J connectivity index is 2.54. The molecule has 2 N–H and O–H groups in total. The molecule has 0 bridgehead atoms. The monoisotopic (exact) mass is 242 g/mol. The molecule has 0 spiro atoms. The van der Waals surface area contributed by atoms with Gasteiger partial charge in [-0.05, 0) is 25.3 Å². The second-order valence-corrected chi connectivity index (χ2v) is 4.76. The Morgan fingerprint density at radius 1 is 1.35 bits per heavy atom. The summed E-state index contributed by atoms with van der Waals surface area (Å²) in [6.07, 6.45) is 2.99. The Kier molecular flexibility index (Phi) is 5.41. The highest BCUT2D eigenvalue weighted by atomic mass is 16.5. The van der Waals surface area contributed by atoms with Crippen LogP contribution in [0.15, 0.2) is 0 Å². The van der Waals surface area contributed by atoms with Crippen LogP contribution < -0.4 is 10.6 Å². The highest BCUT2D eigenvalue weighted by Gasteiger charge is 2.28. The Labute approximate surface area is 102 Å². The minimum atomic E-state index is -0.559. The van der Waals surface area contributed by atoms with Gasteiger partial charge in [-0.25, -0.2) is 4.79 Å². The summed E-state index contributed by atoms with van der Waals surface area (Å²) < 4.78 is 4.69. The minimum Gasteiger partial charge on any atom is -0.467 e. The first-order valence-electron chi connectivity index (χ1n) is 6.18. The Hall–Kier alpha value is -1.10. The molecule has 1 heterocycles. The third kappa shape index (κ3) is 4.00. The number of carbonyl (C=O) groups excluding carboxylic acids is 2. The van der Waals surface area contributed by atoms with Crippen molar-refractivity contribution in [1.82, 2.24) is 10.6 Å². The van der Waals surface area contributed by atoms with Crippen LogP contribution in [0.2, 0.25) is 0 Å². The number of nitrogens with one attached hydrogen (secondary N) is 2. The SMILES string of the molecule is COC(=O)[C@@H](NC(=O)C1CCCCN1)C(C)C. The molecule has 98 valence electrons. The number of amides is 1. The van der Waals surface area contributed by atoms with Gasteiger partial charge in [0, 0.05) is 0 Å². The van der Waals surface area contributed by atoms with Crippen LogP contribution >= 0.6 is 0 Å². The van der Waals surface area contributed by atoms with Crippen molar-refractivity contribution in [2.45, 2.75) is 45.2 Å². The van der Waals surface area contributed by atoms with Crippen molar-refractivity contribution in [1.29, 1.82) is 0 Å². The van der Waals surface area contributed by atoms with Crippen molar-refractivity contribution >= 4 is 11.9 Å². The molecule has 1 aliphatic rings. The van der Waals surface area contributed by atoms with Gasteiger partial charge in [-0.1, -0.05) is 20.3 Å². The van der Waals surface area contributed by atoms with E-state index in [2.05, 4.69) is 15.4 Å². The van der Waals surface area contributed by atoms with Crippen LogP contribution in [-0.2, 0) is 14.3 Å². The van der Waals surface area contributed by atoms with Gasteiger partial charge in [0.2, 0.25) is 5.91 Å². The fourth-order valence-electron chi connectivity index (χ4n) is 1.95. The molecular formula is C12H22N2O3. The number of carbonyl (C=O) groups is 2. The molecular weight excluding hydrogens is 220 g/mol. The van der Waals surface area contributed by atoms with E-state index in [0.29, 0.717) is 0 Å². The zero-order valence-electron chi connectivity index (χ0n) is 10.8. The van der Waals surface area contributed by atoms with E-state index in [0.717, 1.165) is 25.8 Å². The Morgan fingerprint density at radius 2 is 2.06 bits per heavy atom. The van der Waals surface area contributed by atoms with Gasteiger partial charge in [-0.15, -0.1) is 0 Å². The second kappa shape index (κ2) is 6.59. The van der Waals surface area contributed by atoms with Gasteiger partial charge in [-0.3, -0.25) is 4.79 Å². The van der Waals surface area contributed by atoms with Crippen LogP contribution in [0.3, 0.4) is 0 Å². The first-order valence-corrected chi connectivity index (χ1v) is 6.18. The smallest absolute Gasteiger partial charge is 0.328 e. The van der Waals surface area contributed by atoms with E-state index in [-0.39, 0.29) is 23.8 Å². The predicted octanol–water partition coefficient (Wildman–Crippen LogP) is 0.442. The molecule has 0 saturated carbocycles. The van der Waals surface area contributed by atoms with E-state index in [4.69, 9.17) is 0 Å². The van der Waals surface area contributed by atoms with Crippen molar-refractivity contribution in [2.75, 3.05) is 13.7 Å². The van der Waals surface area contributed by atoms with Crippen LogP contribution in [0, 0.1) is 5.92 Å². The van der Waals surface area contributed by atoms with E-state index in [9.17, 15) is 9.59 Å². The van der Waals surface area contributed by atoms with Crippen molar-refractivity contribution in [3.63, 3.8) is 0 Å². The lowest BCUT2D eigenvalue weighted by Gasteiger charge is -2.26. The van der Waals surface area contributed by atoms with Gasteiger partial charge in [0.15, 0.2) is 0 Å². The fourth-order valence-corrected chi connectivity index (χ4v) is 1.95. The number of ether oxygens (including phenoxy) is 1. The summed E-state index contributed by atoms with van der Waals surface area (Å²) >= 11 is 0. The molecule has 0 aromatic rings. The lowest BCUT2D eigenvalue weighted by molar-refractivity contribution is -0.146. The second-order valence-electron chi connectivity index (χ2n) is 4.76. The molecule has 0 aromatic heterocycles. The van der Waals surface area contributed by atoms with Crippen molar-refractivity contribution in [3.05, 3.63) is 0 Å². The number of methoxy groups -OCH3 is 1. The quantitative estimate of drug-likeness (QED) is 0.702. The number of hydrogen-bond acceptors (Lipinski definition) is 4. The van der Waals surface area contributed by atoms with E-state index in [1.165, 1.54) is 7.11 Å². The van der Waals surface area contributed by atoms with Gasteiger partial charge in [0.25, 0.3) is 0 Å². The average molecular weight is 242 g/mol. The molecule has 5 heteroatoms. The molecule has 1 fully saturated rings. The van der Waals surface area contributed by atoms with Gasteiger partial charge in [0.05, 0.1) is 13.2 Å². The summed E-state index contributed by atoms with van der Waals surface area (Å²) in [7, 11) is 1.34. The Morgan fingerprint density at radius 3 is 2.53 bits per heavy atom. The first-order chi connectivity index (χ1) is 8.06. The maximum atomic E-state index is 12.0. The van der Waals surface area contributed by atoms with Crippen LogP contribution in [-0.4, -0.2) is 37.6 Å². The lowest BCUT2D eigenvalue weighted by atomic mass is 10.0. The molecule has 1 rings (SSSR count). The summed E-state index contributed by atoms with van der Waals surface area (Å²) in [6.45, 7) is 4.63. The average Bonchev–Trinajstić information content (AvgIpc) is 2.35. The minimum absolute atomic E-state index is 0.0231. The standard InChI is InChI=1S/C12H22N2O3/c1-8(2)10(12(16)17-3)14-11(15)9-6-4-5-7-13-9/h8-10,13H,4-7H2,1-3H3,(H,14,15)/t9?,10-/m0/s1. The van der Waals surface area contributed by atoms with E-state index in [1.807, 2.05) is 13.8 Å². The molecule has 0 aliphatic carbocycles. The number of hydrogen-bond donors (Lipinski definition) is 2. The highest BCUT2D eigenvalue weighted by molar-refractivity contribution is 5.87. The normalized spacial score (nSPS) is 22.0. The lowest BCUT2D eigenvalue weighted by Crippen LogP contribution is -2.53. The summed E-state index contributed by atoms with van der Waals surface area (Å²) in [5.74, 6) is -0.465. The van der Waals surface area contributed by atoms with Crippen molar-refractivity contribution in [2.24, 2.45) is 5.92 Å². The van der Waals surface area contributed by atoms with E-state index >= 15 is 0 Å². The van der Waals surface area contributed by atoms with Gasteiger partial charge < -0.3 is 15.4 Å². The fraction of sp³-hybridized carbons (Fsp3) is 0.833. The van der Waals surface area contributed by atoms with Crippen LogP contribution in [0.25, 0.3) is 0 Å². The maximum Gasteiger partial charge on any atom is 0.328 e. The van der Waals surface area contributed by atoms with E-state index < -0.39 is 6.04 Å². The zero-order valence-corrected chi connectivity index (χ0v) is 10.8. The van der Waals surface area contributed by atoms with Crippen LogP contribution in [0.5, 0.6) is 0 Å². The predicted molar refractivity (Wildman–Crippen MR) is 64.4 cm³/mol. The van der Waals surface area contributed by atoms with Gasteiger partial charge in [0.1, 0.15) is 6.04 Å².